The molecule has 2 unspecified atom stereocenters. The van der Waals surface area contributed by atoms with Crippen LogP contribution in [0, 0.1) is 0 Å². The molecule has 2 amide bonds. The molecule has 3 heterocycles. The highest BCUT2D eigenvalue weighted by Crippen LogP contribution is 2.28. The van der Waals surface area contributed by atoms with E-state index in [0.717, 1.165) is 16.0 Å². The lowest BCUT2D eigenvalue weighted by Crippen LogP contribution is -2.62. The van der Waals surface area contributed by atoms with Crippen molar-refractivity contribution in [3.05, 3.63) is 57.0 Å². The van der Waals surface area contributed by atoms with Gasteiger partial charge in [0.25, 0.3) is 11.8 Å². The van der Waals surface area contributed by atoms with E-state index in [9.17, 15) is 22.8 Å². The molecule has 0 spiro atoms. The molecule has 0 aliphatic carbocycles. The maximum atomic E-state index is 13.7. The zero-order chi connectivity index (χ0) is 30.0. The van der Waals surface area contributed by atoms with Gasteiger partial charge in [-0.1, -0.05) is 23.7 Å². The highest BCUT2D eigenvalue weighted by atomic mass is 35.5. The Kier molecular flexibility index (Phi) is 10.6. The van der Waals surface area contributed by atoms with Crippen LogP contribution >= 0.6 is 35.3 Å². The number of hydrogen-bond acceptors (Lipinski definition) is 10. The van der Waals surface area contributed by atoms with Gasteiger partial charge in [-0.05, 0) is 48.9 Å². The number of benzene rings is 2. The van der Waals surface area contributed by atoms with Crippen LogP contribution in [-0.4, -0.2) is 85.3 Å². The van der Waals surface area contributed by atoms with Crippen molar-refractivity contribution in [3.63, 3.8) is 0 Å². The summed E-state index contributed by atoms with van der Waals surface area (Å²) in [7, 11) is -4.03. The summed E-state index contributed by atoms with van der Waals surface area (Å²) >= 11 is 7.34. The Morgan fingerprint density at radius 2 is 1.91 bits per heavy atom. The fourth-order valence-corrected chi connectivity index (χ4v) is 7.62. The number of esters is 1. The third-order valence-corrected chi connectivity index (χ3v) is 10.3. The van der Waals surface area contributed by atoms with Gasteiger partial charge in [0.15, 0.2) is 5.01 Å². The van der Waals surface area contributed by atoms with E-state index in [1.54, 1.807) is 37.3 Å². The maximum Gasteiger partial charge on any atom is 0.321 e. The molecular formula is C27H32Cl2N6O6S2. The molecule has 0 bridgehead atoms. The van der Waals surface area contributed by atoms with Crippen molar-refractivity contribution in [1.29, 1.82) is 0 Å². The Bertz CT molecular complexity index is 1640. The molecule has 2 aliphatic rings. The summed E-state index contributed by atoms with van der Waals surface area (Å²) in [5.41, 5.74) is 5.79. The Hall–Kier alpha value is -2.85. The van der Waals surface area contributed by atoms with Gasteiger partial charge >= 0.3 is 5.97 Å². The lowest BCUT2D eigenvalue weighted by atomic mass is 10.1. The number of fused-ring (bicyclic) bond motifs is 2. The minimum atomic E-state index is -4.03. The quantitative estimate of drug-likeness (QED) is 0.242. The summed E-state index contributed by atoms with van der Waals surface area (Å²) in [6.07, 6.45) is 0.685. The number of rotatable bonds is 8. The SMILES string of the molecule is CCOC(=O)CNNC(=O)C1CN(S(=O)(=O)c2ccc3cc(Cl)ccc3c2)CCN1C(=O)c1nc2c(s1)CNC(C)C2.Cl. The van der Waals surface area contributed by atoms with Crippen LogP contribution in [0.3, 0.4) is 0 Å². The van der Waals surface area contributed by atoms with Crippen molar-refractivity contribution in [2.24, 2.45) is 0 Å². The molecule has 43 heavy (non-hydrogen) atoms. The molecule has 1 saturated heterocycles. The Morgan fingerprint density at radius 3 is 2.67 bits per heavy atom. The fourth-order valence-electron chi connectivity index (χ4n) is 4.97. The topological polar surface area (TPSA) is 150 Å². The summed E-state index contributed by atoms with van der Waals surface area (Å²) in [6, 6.07) is 8.94. The third kappa shape index (κ3) is 7.28. The van der Waals surface area contributed by atoms with E-state index in [4.69, 9.17) is 16.3 Å². The number of amides is 2. The summed E-state index contributed by atoms with van der Waals surface area (Å²) in [4.78, 5) is 45.7. The molecular weight excluding hydrogens is 639 g/mol. The van der Waals surface area contributed by atoms with Gasteiger partial charge in [0.2, 0.25) is 10.0 Å². The first-order valence-electron chi connectivity index (χ1n) is 13.5. The molecule has 1 fully saturated rings. The van der Waals surface area contributed by atoms with E-state index < -0.39 is 33.8 Å². The van der Waals surface area contributed by atoms with Crippen LogP contribution in [0.1, 0.15) is 34.2 Å². The van der Waals surface area contributed by atoms with E-state index in [0.29, 0.717) is 23.4 Å². The Labute approximate surface area is 264 Å². The second kappa shape index (κ2) is 13.8. The predicted octanol–water partition coefficient (Wildman–Crippen LogP) is 2.10. The van der Waals surface area contributed by atoms with Crippen LogP contribution in [0.4, 0.5) is 0 Å². The van der Waals surface area contributed by atoms with E-state index in [1.807, 2.05) is 6.92 Å². The number of ether oxygens (including phenoxy) is 1. The first-order valence-corrected chi connectivity index (χ1v) is 16.1. The average molecular weight is 672 g/mol. The van der Waals surface area contributed by atoms with Crippen LogP contribution < -0.4 is 16.2 Å². The molecule has 0 radical (unpaired) electrons. The normalized spacial score (nSPS) is 18.9. The molecule has 2 aliphatic heterocycles. The molecule has 232 valence electrons. The minimum absolute atomic E-state index is 0. The van der Waals surface area contributed by atoms with Crippen molar-refractivity contribution in [2.45, 2.75) is 43.8 Å². The maximum absolute atomic E-state index is 13.7. The predicted molar refractivity (Wildman–Crippen MR) is 165 cm³/mol. The molecule has 0 saturated carbocycles. The largest absolute Gasteiger partial charge is 0.465 e. The molecule has 16 heteroatoms. The number of aromatic nitrogens is 1. The van der Waals surface area contributed by atoms with Crippen LogP contribution in [0.5, 0.6) is 0 Å². The van der Waals surface area contributed by atoms with E-state index in [-0.39, 0.29) is 61.1 Å². The molecule has 12 nitrogen and oxygen atoms in total. The van der Waals surface area contributed by atoms with Crippen LogP contribution in [0.15, 0.2) is 41.3 Å². The Balaban J connectivity index is 0.00000423. The van der Waals surface area contributed by atoms with Crippen LogP contribution in [0.2, 0.25) is 5.02 Å². The number of nitrogens with one attached hydrogen (secondary N) is 3. The molecule has 3 aromatic rings. The minimum Gasteiger partial charge on any atom is -0.465 e. The standard InChI is InChI=1S/C27H31ClN6O6S2.ClH/c1-3-40-24(35)14-30-32-25(36)22-15-33(42(38,39)20-7-5-17-11-19(28)6-4-18(17)12-20)8-9-34(22)27(37)26-31-21-10-16(2)29-13-23(21)41-26;/h4-7,11-12,16,22,29-30H,3,8-10,13-15H2,1-2H3,(H,32,36);1H. The molecule has 2 aromatic carbocycles. The van der Waals surface area contributed by atoms with Crippen LogP contribution in [0.25, 0.3) is 10.8 Å². The fraction of sp³-hybridized carbons (Fsp3) is 0.407. The van der Waals surface area contributed by atoms with Crippen molar-refractivity contribution < 1.29 is 27.5 Å². The van der Waals surface area contributed by atoms with Crippen LogP contribution in [-0.2, 0) is 37.3 Å². The zero-order valence-electron chi connectivity index (χ0n) is 23.5. The van der Waals surface area contributed by atoms with Crippen molar-refractivity contribution >= 4 is 73.9 Å². The molecule has 3 N–H and O–H groups in total. The second-order valence-electron chi connectivity index (χ2n) is 10.1. The molecule has 2 atom stereocenters. The van der Waals surface area contributed by atoms with Gasteiger partial charge in [0.05, 0.1) is 17.2 Å². The molecule has 5 rings (SSSR count). The van der Waals surface area contributed by atoms with E-state index in [1.165, 1.54) is 26.6 Å². The van der Waals surface area contributed by atoms with Crippen molar-refractivity contribution in [3.8, 4) is 0 Å². The Morgan fingerprint density at radius 1 is 1.16 bits per heavy atom. The number of hydrazine groups is 1. The number of carbonyl (C=O) groups excluding carboxylic acids is 3. The summed E-state index contributed by atoms with van der Waals surface area (Å²) in [6.45, 7) is 3.85. The smallest absolute Gasteiger partial charge is 0.321 e. The number of nitrogens with zero attached hydrogens (tertiary/aromatic N) is 3. The first kappa shape index (κ1) is 33.1. The monoisotopic (exact) mass is 670 g/mol. The van der Waals surface area contributed by atoms with E-state index >= 15 is 0 Å². The van der Waals surface area contributed by atoms with Gasteiger partial charge in [-0.2, -0.15) is 4.31 Å². The number of halogens is 2. The summed E-state index contributed by atoms with van der Waals surface area (Å²) in [5, 5.41) is 5.62. The molecule has 1 aromatic heterocycles. The van der Waals surface area contributed by atoms with Crippen molar-refractivity contribution in [1.82, 2.24) is 30.4 Å². The van der Waals surface area contributed by atoms with Gasteiger partial charge in [-0.25, -0.2) is 18.8 Å². The lowest BCUT2D eigenvalue weighted by Gasteiger charge is -2.39. The number of hydrogen-bond donors (Lipinski definition) is 3. The number of sulfonamides is 1. The summed E-state index contributed by atoms with van der Waals surface area (Å²) < 4.78 is 33.5. The number of carbonyl (C=O) groups is 3. The van der Waals surface area contributed by atoms with E-state index in [2.05, 4.69) is 21.2 Å². The second-order valence-corrected chi connectivity index (χ2v) is 13.5. The zero-order valence-corrected chi connectivity index (χ0v) is 26.7. The van der Waals surface area contributed by atoms with Crippen molar-refractivity contribution in [2.75, 3.05) is 32.8 Å². The lowest BCUT2D eigenvalue weighted by molar-refractivity contribution is -0.142. The highest BCUT2D eigenvalue weighted by Gasteiger charge is 2.41. The number of thiazole rings is 1. The summed E-state index contributed by atoms with van der Waals surface area (Å²) in [5.74, 6) is -1.70. The van der Waals surface area contributed by atoms with Gasteiger partial charge in [0, 0.05) is 48.5 Å². The van der Waals surface area contributed by atoms with Gasteiger partial charge < -0.3 is 15.0 Å². The average Bonchev–Trinajstić information content (AvgIpc) is 3.39. The number of piperazine rings is 1. The van der Waals surface area contributed by atoms with Gasteiger partial charge in [0.1, 0.15) is 12.6 Å². The third-order valence-electron chi connectivity index (χ3n) is 7.14. The highest BCUT2D eigenvalue weighted by molar-refractivity contribution is 7.89. The van der Waals surface area contributed by atoms with Gasteiger partial charge in [-0.3, -0.25) is 19.8 Å². The van der Waals surface area contributed by atoms with Gasteiger partial charge in [-0.15, -0.1) is 23.7 Å². The first-order chi connectivity index (χ1) is 20.1.